The second-order valence-corrected chi connectivity index (χ2v) is 3.37. The van der Waals surface area contributed by atoms with Gasteiger partial charge in [0, 0.05) is 0 Å². The number of rotatable bonds is 6. The molecule has 0 radical (unpaired) electrons. The van der Waals surface area contributed by atoms with Gasteiger partial charge in [0.25, 0.3) is 0 Å². The molecule has 3 nitrogen and oxygen atoms in total. The van der Waals surface area contributed by atoms with Crippen molar-refractivity contribution >= 4 is 5.97 Å². The van der Waals surface area contributed by atoms with Gasteiger partial charge in [0.05, 0.1) is 25.7 Å². The van der Waals surface area contributed by atoms with Crippen LogP contribution in [0.4, 0.5) is 0 Å². The quantitative estimate of drug-likeness (QED) is 0.598. The number of hydrogen-bond donors (Lipinski definition) is 0. The zero-order valence-corrected chi connectivity index (χ0v) is 9.00. The topological polar surface area (TPSA) is 35.5 Å². The molecule has 0 saturated heterocycles. The molecule has 0 aromatic carbocycles. The van der Waals surface area contributed by atoms with Crippen LogP contribution in [0.2, 0.25) is 0 Å². The highest BCUT2D eigenvalue weighted by Gasteiger charge is 2.08. The highest BCUT2D eigenvalue weighted by atomic mass is 16.5. The first-order chi connectivity index (χ1) is 6.07. The number of hydrogen-bond acceptors (Lipinski definition) is 3. The summed E-state index contributed by atoms with van der Waals surface area (Å²) in [6, 6.07) is 0. The number of ether oxygens (including phenoxy) is 2. The fourth-order valence-electron chi connectivity index (χ4n) is 0.754. The summed E-state index contributed by atoms with van der Waals surface area (Å²) in [7, 11) is 0. The summed E-state index contributed by atoms with van der Waals surface area (Å²) in [4.78, 5) is 10.9. The number of carbonyl (C=O) groups excluding carboxylic acids is 1. The lowest BCUT2D eigenvalue weighted by Crippen LogP contribution is -2.18. The minimum absolute atomic E-state index is 0.182. The van der Waals surface area contributed by atoms with Crippen LogP contribution in [0.15, 0.2) is 0 Å². The second kappa shape index (κ2) is 6.89. The summed E-state index contributed by atoms with van der Waals surface area (Å²) >= 11 is 0. The predicted octanol–water partition coefficient (Wildman–Crippen LogP) is 2.00. The molecule has 0 saturated carbocycles. The molecule has 0 aromatic heterocycles. The molecule has 0 spiro atoms. The van der Waals surface area contributed by atoms with Crippen LogP contribution in [0.1, 0.15) is 34.1 Å². The smallest absolute Gasteiger partial charge is 0.308 e. The van der Waals surface area contributed by atoms with Crippen molar-refractivity contribution in [3.05, 3.63) is 0 Å². The highest BCUT2D eigenvalue weighted by molar-refractivity contribution is 5.69. The third-order valence-electron chi connectivity index (χ3n) is 1.93. The van der Waals surface area contributed by atoms with Gasteiger partial charge in [0.1, 0.15) is 0 Å². The average Bonchev–Trinajstić information content (AvgIpc) is 2.04. The van der Waals surface area contributed by atoms with E-state index in [4.69, 9.17) is 9.47 Å². The van der Waals surface area contributed by atoms with E-state index in [1.807, 2.05) is 6.92 Å². The van der Waals surface area contributed by atoms with Crippen molar-refractivity contribution in [2.75, 3.05) is 13.2 Å². The Morgan fingerprint density at radius 2 is 1.92 bits per heavy atom. The number of esters is 1. The van der Waals surface area contributed by atoms with Crippen molar-refractivity contribution in [1.82, 2.24) is 0 Å². The van der Waals surface area contributed by atoms with Gasteiger partial charge in [-0.1, -0.05) is 13.8 Å². The van der Waals surface area contributed by atoms with Gasteiger partial charge in [-0.05, 0) is 19.8 Å². The van der Waals surface area contributed by atoms with Crippen LogP contribution in [0.25, 0.3) is 0 Å². The SMILES string of the molecule is CCOC(=O)CCOC(C)C(C)C. The van der Waals surface area contributed by atoms with Crippen molar-refractivity contribution in [1.29, 1.82) is 0 Å². The van der Waals surface area contributed by atoms with Gasteiger partial charge >= 0.3 is 5.97 Å². The maximum atomic E-state index is 10.9. The van der Waals surface area contributed by atoms with E-state index in [2.05, 4.69) is 13.8 Å². The van der Waals surface area contributed by atoms with Crippen molar-refractivity contribution in [2.24, 2.45) is 5.92 Å². The van der Waals surface area contributed by atoms with Gasteiger partial charge in [-0.3, -0.25) is 4.79 Å². The zero-order valence-electron chi connectivity index (χ0n) is 9.00. The van der Waals surface area contributed by atoms with Crippen molar-refractivity contribution < 1.29 is 14.3 Å². The largest absolute Gasteiger partial charge is 0.466 e. The van der Waals surface area contributed by atoms with Gasteiger partial charge in [0.2, 0.25) is 0 Å². The Kier molecular flexibility index (Phi) is 6.59. The minimum atomic E-state index is -0.182. The van der Waals surface area contributed by atoms with Crippen molar-refractivity contribution in [3.63, 3.8) is 0 Å². The van der Waals surface area contributed by atoms with E-state index in [0.29, 0.717) is 25.6 Å². The van der Waals surface area contributed by atoms with E-state index >= 15 is 0 Å². The van der Waals surface area contributed by atoms with Crippen LogP contribution in [0, 0.1) is 5.92 Å². The summed E-state index contributed by atoms with van der Waals surface area (Å²) in [5, 5.41) is 0. The number of carbonyl (C=O) groups is 1. The molecular formula is C10H20O3. The summed E-state index contributed by atoms with van der Waals surface area (Å²) in [5.41, 5.74) is 0. The van der Waals surface area contributed by atoms with E-state index in [0.717, 1.165) is 0 Å². The Labute approximate surface area is 80.4 Å². The molecular weight excluding hydrogens is 168 g/mol. The van der Waals surface area contributed by atoms with Crippen molar-refractivity contribution in [3.8, 4) is 0 Å². The zero-order chi connectivity index (χ0) is 10.3. The Hall–Kier alpha value is -0.570. The molecule has 0 aliphatic rings. The average molecular weight is 188 g/mol. The van der Waals surface area contributed by atoms with Crippen LogP contribution in [-0.2, 0) is 14.3 Å². The first kappa shape index (κ1) is 12.4. The third-order valence-corrected chi connectivity index (χ3v) is 1.93. The van der Waals surface area contributed by atoms with Gasteiger partial charge in [0.15, 0.2) is 0 Å². The monoisotopic (exact) mass is 188 g/mol. The molecule has 0 bridgehead atoms. The Balaban J connectivity index is 3.39. The maximum absolute atomic E-state index is 10.9. The van der Waals surface area contributed by atoms with Crippen LogP contribution >= 0.6 is 0 Å². The summed E-state index contributed by atoms with van der Waals surface area (Å²) in [6.45, 7) is 8.89. The van der Waals surface area contributed by atoms with Gasteiger partial charge in [-0.25, -0.2) is 0 Å². The second-order valence-electron chi connectivity index (χ2n) is 3.37. The Morgan fingerprint density at radius 3 is 2.38 bits per heavy atom. The molecule has 1 atom stereocenters. The molecule has 0 aliphatic heterocycles. The van der Waals surface area contributed by atoms with Crippen molar-refractivity contribution in [2.45, 2.75) is 40.2 Å². The Morgan fingerprint density at radius 1 is 1.31 bits per heavy atom. The summed E-state index contributed by atoms with van der Waals surface area (Å²) in [6.07, 6.45) is 0.555. The summed E-state index contributed by atoms with van der Waals surface area (Å²) in [5.74, 6) is 0.306. The van der Waals surface area contributed by atoms with Crippen LogP contribution in [0.3, 0.4) is 0 Å². The highest BCUT2D eigenvalue weighted by Crippen LogP contribution is 2.05. The molecule has 13 heavy (non-hydrogen) atoms. The van der Waals surface area contributed by atoms with Gasteiger partial charge < -0.3 is 9.47 Å². The Bertz CT molecular complexity index is 143. The fraction of sp³-hybridized carbons (Fsp3) is 0.900. The normalized spacial score (nSPS) is 13.0. The van der Waals surface area contributed by atoms with Gasteiger partial charge in [-0.15, -0.1) is 0 Å². The molecule has 0 N–H and O–H groups in total. The van der Waals surface area contributed by atoms with E-state index in [-0.39, 0.29) is 12.1 Å². The predicted molar refractivity (Wildman–Crippen MR) is 51.5 cm³/mol. The first-order valence-electron chi connectivity index (χ1n) is 4.85. The molecule has 0 aliphatic carbocycles. The van der Waals surface area contributed by atoms with E-state index in [1.165, 1.54) is 0 Å². The third kappa shape index (κ3) is 6.58. The van der Waals surface area contributed by atoms with E-state index < -0.39 is 0 Å². The molecule has 0 amide bonds. The molecule has 0 rings (SSSR count). The van der Waals surface area contributed by atoms with Crippen LogP contribution in [0.5, 0.6) is 0 Å². The fourth-order valence-corrected chi connectivity index (χ4v) is 0.754. The summed E-state index contributed by atoms with van der Waals surface area (Å²) < 4.78 is 10.2. The van der Waals surface area contributed by atoms with Gasteiger partial charge in [-0.2, -0.15) is 0 Å². The molecule has 0 heterocycles. The molecule has 3 heteroatoms. The lowest BCUT2D eigenvalue weighted by Gasteiger charge is -2.15. The molecule has 1 unspecified atom stereocenters. The molecule has 0 aromatic rings. The van der Waals surface area contributed by atoms with Crippen LogP contribution in [-0.4, -0.2) is 25.3 Å². The standard InChI is InChI=1S/C10H20O3/c1-5-12-10(11)6-7-13-9(4)8(2)3/h8-9H,5-7H2,1-4H3. The maximum Gasteiger partial charge on any atom is 0.308 e. The van der Waals surface area contributed by atoms with E-state index in [9.17, 15) is 4.79 Å². The first-order valence-corrected chi connectivity index (χ1v) is 4.85. The lowest BCUT2D eigenvalue weighted by atomic mass is 10.1. The molecule has 0 fully saturated rings. The minimum Gasteiger partial charge on any atom is -0.466 e. The van der Waals surface area contributed by atoms with E-state index in [1.54, 1.807) is 6.92 Å². The van der Waals surface area contributed by atoms with Crippen LogP contribution < -0.4 is 0 Å². The lowest BCUT2D eigenvalue weighted by molar-refractivity contribution is -0.144. The molecule has 78 valence electrons.